The van der Waals surface area contributed by atoms with E-state index in [4.69, 9.17) is 0 Å². The van der Waals surface area contributed by atoms with E-state index in [9.17, 15) is 9.59 Å². The van der Waals surface area contributed by atoms with Gasteiger partial charge in [-0.05, 0) is 56.1 Å². The molecule has 0 N–H and O–H groups in total. The molecule has 5 rings (SSSR count). The van der Waals surface area contributed by atoms with E-state index in [1.165, 1.54) is 22.7 Å². The summed E-state index contributed by atoms with van der Waals surface area (Å²) in [5, 5.41) is 3.57. The second kappa shape index (κ2) is 6.32. The molecule has 0 fully saturated rings. The van der Waals surface area contributed by atoms with E-state index in [0.29, 0.717) is 22.3 Å². The third-order valence-corrected chi connectivity index (χ3v) is 9.65. The van der Waals surface area contributed by atoms with Crippen LogP contribution in [0.5, 0.6) is 0 Å². The molecule has 2 nitrogen and oxygen atoms in total. The van der Waals surface area contributed by atoms with Crippen LogP contribution in [-0.4, -0.2) is 11.6 Å². The lowest BCUT2D eigenvalue weighted by Crippen LogP contribution is -2.18. The highest BCUT2D eigenvalue weighted by molar-refractivity contribution is 9.11. The van der Waals surface area contributed by atoms with Crippen LogP contribution in [0.15, 0.2) is 42.6 Å². The predicted octanol–water partition coefficient (Wildman–Crippen LogP) is 7.57. The number of ketones is 2. The first-order valence-corrected chi connectivity index (χ1v) is 12.4. The van der Waals surface area contributed by atoms with Crippen molar-refractivity contribution in [3.63, 3.8) is 0 Å². The van der Waals surface area contributed by atoms with Gasteiger partial charge in [-0.25, -0.2) is 0 Å². The molecule has 4 aromatic rings. The van der Waals surface area contributed by atoms with Gasteiger partial charge >= 0.3 is 0 Å². The van der Waals surface area contributed by atoms with E-state index in [1.807, 2.05) is 24.3 Å². The van der Waals surface area contributed by atoms with Crippen LogP contribution in [0.25, 0.3) is 19.5 Å². The third kappa shape index (κ3) is 2.51. The van der Waals surface area contributed by atoms with Gasteiger partial charge in [-0.1, -0.05) is 0 Å². The smallest absolute Gasteiger partial charge is 0.196 e. The maximum Gasteiger partial charge on any atom is 0.196 e. The molecule has 0 atom stereocenters. The number of hydrogen-bond acceptors (Lipinski definition) is 6. The zero-order chi connectivity index (χ0) is 18.0. The monoisotopic (exact) mass is 540 g/mol. The van der Waals surface area contributed by atoms with E-state index in [1.54, 1.807) is 33.4 Å². The molecule has 0 saturated carbocycles. The highest BCUT2D eigenvalue weighted by atomic mass is 79.9. The van der Waals surface area contributed by atoms with E-state index in [2.05, 4.69) is 31.9 Å². The first-order valence-electron chi connectivity index (χ1n) is 7.38. The van der Waals surface area contributed by atoms with Crippen LogP contribution >= 0.6 is 77.2 Å². The van der Waals surface area contributed by atoms with Crippen molar-refractivity contribution in [1.29, 1.82) is 0 Å². The van der Waals surface area contributed by atoms with Gasteiger partial charge in [-0.15, -0.1) is 34.0 Å². The Kier molecular flexibility index (Phi) is 4.19. The van der Waals surface area contributed by atoms with Crippen LogP contribution in [0.2, 0.25) is 0 Å². The van der Waals surface area contributed by atoms with Crippen molar-refractivity contribution >= 4 is 88.8 Å². The fourth-order valence-corrected chi connectivity index (χ4v) is 8.11. The highest BCUT2D eigenvalue weighted by Crippen LogP contribution is 2.50. The fraction of sp³-hybridized carbons (Fsp3) is 0. The Labute approximate surface area is 181 Å². The normalized spacial score (nSPS) is 13.2. The van der Waals surface area contributed by atoms with Gasteiger partial charge in [-0.2, -0.15) is 11.3 Å². The Hall–Kier alpha value is -0.900. The third-order valence-electron chi connectivity index (χ3n) is 4.11. The molecule has 1 aliphatic rings. The Morgan fingerprint density at radius 1 is 0.654 bits per heavy atom. The van der Waals surface area contributed by atoms with Gasteiger partial charge in [-0.3, -0.25) is 9.59 Å². The van der Waals surface area contributed by atoms with Crippen LogP contribution in [0.1, 0.15) is 31.8 Å². The average Bonchev–Trinajstić information content (AvgIpc) is 3.37. The molecule has 0 bridgehead atoms. The maximum absolute atomic E-state index is 13.2. The first-order chi connectivity index (χ1) is 12.5. The van der Waals surface area contributed by atoms with Gasteiger partial charge in [0.2, 0.25) is 0 Å². The van der Waals surface area contributed by atoms with Crippen molar-refractivity contribution < 1.29 is 9.59 Å². The van der Waals surface area contributed by atoms with E-state index >= 15 is 0 Å². The van der Waals surface area contributed by atoms with Crippen molar-refractivity contribution in [2.45, 2.75) is 0 Å². The van der Waals surface area contributed by atoms with Gasteiger partial charge in [0, 0.05) is 31.6 Å². The maximum atomic E-state index is 13.2. The van der Waals surface area contributed by atoms with Crippen molar-refractivity contribution in [3.8, 4) is 19.5 Å². The summed E-state index contributed by atoms with van der Waals surface area (Å²) in [6.07, 6.45) is 0. The minimum atomic E-state index is -0.0477. The molecule has 0 aromatic carbocycles. The van der Waals surface area contributed by atoms with E-state index in [-0.39, 0.29) is 11.6 Å². The lowest BCUT2D eigenvalue weighted by molar-refractivity contribution is 0.0982. The Balaban J connectivity index is 1.84. The van der Waals surface area contributed by atoms with Crippen LogP contribution in [-0.2, 0) is 0 Å². The fourth-order valence-electron chi connectivity index (χ4n) is 3.00. The molecule has 1 aliphatic carbocycles. The summed E-state index contributed by atoms with van der Waals surface area (Å²) in [5.41, 5.74) is 2.17. The van der Waals surface area contributed by atoms with Gasteiger partial charge in [0.05, 0.1) is 28.5 Å². The second-order valence-corrected chi connectivity index (χ2v) is 12.3. The highest BCUT2D eigenvalue weighted by Gasteiger charge is 2.37. The Morgan fingerprint density at radius 3 is 1.50 bits per heavy atom. The van der Waals surface area contributed by atoms with Crippen LogP contribution in [0.3, 0.4) is 0 Å². The average molecular weight is 542 g/mol. The van der Waals surface area contributed by atoms with Gasteiger partial charge < -0.3 is 0 Å². The molecular formula is C18H6Br2O2S4. The van der Waals surface area contributed by atoms with Gasteiger partial charge in [0.1, 0.15) is 0 Å². The van der Waals surface area contributed by atoms with Gasteiger partial charge in [0.25, 0.3) is 0 Å². The summed E-state index contributed by atoms with van der Waals surface area (Å²) in [6, 6.07) is 7.93. The zero-order valence-corrected chi connectivity index (χ0v) is 19.1. The SMILES string of the molecule is O=C1c2cscc2C(=O)c2c(-c3ccc(Br)s3)sc(-c3ccc(Br)s3)c21. The molecule has 4 heterocycles. The lowest BCUT2D eigenvalue weighted by Gasteiger charge is -2.13. The Bertz CT molecular complexity index is 1120. The number of rotatable bonds is 2. The van der Waals surface area contributed by atoms with Crippen LogP contribution < -0.4 is 0 Å². The van der Waals surface area contributed by atoms with Crippen molar-refractivity contribution in [2.75, 3.05) is 0 Å². The molecule has 0 amide bonds. The summed E-state index contributed by atoms with van der Waals surface area (Å²) in [7, 11) is 0. The molecule has 26 heavy (non-hydrogen) atoms. The molecular weight excluding hydrogens is 536 g/mol. The summed E-state index contributed by atoms with van der Waals surface area (Å²) in [4.78, 5) is 30.2. The molecule has 0 aliphatic heterocycles. The molecule has 0 unspecified atom stereocenters. The minimum absolute atomic E-state index is 0.0477. The molecule has 128 valence electrons. The minimum Gasteiger partial charge on any atom is -0.288 e. The number of carbonyl (C=O) groups is 2. The van der Waals surface area contributed by atoms with Crippen molar-refractivity contribution in [3.05, 3.63) is 64.9 Å². The lowest BCUT2D eigenvalue weighted by atomic mass is 9.86. The number of hydrogen-bond donors (Lipinski definition) is 0. The predicted molar refractivity (Wildman–Crippen MR) is 118 cm³/mol. The molecule has 0 saturated heterocycles. The number of carbonyl (C=O) groups excluding carboxylic acids is 2. The van der Waals surface area contributed by atoms with Crippen LogP contribution in [0, 0.1) is 0 Å². The largest absolute Gasteiger partial charge is 0.288 e. The number of thiophene rings is 4. The van der Waals surface area contributed by atoms with Crippen LogP contribution in [0.4, 0.5) is 0 Å². The molecule has 8 heteroatoms. The molecule has 0 radical (unpaired) electrons. The molecule has 0 spiro atoms. The van der Waals surface area contributed by atoms with Crippen molar-refractivity contribution in [1.82, 2.24) is 0 Å². The summed E-state index contributed by atoms with van der Waals surface area (Å²) in [6.45, 7) is 0. The quantitative estimate of drug-likeness (QED) is 0.231. The first kappa shape index (κ1) is 17.2. The Morgan fingerprint density at radius 2 is 1.12 bits per heavy atom. The van der Waals surface area contributed by atoms with Gasteiger partial charge in [0.15, 0.2) is 11.6 Å². The number of fused-ring (bicyclic) bond motifs is 2. The standard InChI is InChI=1S/C18H6Br2O2S4/c19-11-3-1-9(24-11)17-13-14(18(26-17)10-2-4-12(20)25-10)16(22)8-6-23-5-7(8)15(13)21/h1-6H. The summed E-state index contributed by atoms with van der Waals surface area (Å²) < 4.78 is 2.00. The number of halogens is 2. The summed E-state index contributed by atoms with van der Waals surface area (Å²) in [5.74, 6) is -0.0954. The van der Waals surface area contributed by atoms with Crippen molar-refractivity contribution in [2.24, 2.45) is 0 Å². The molecule has 4 aromatic heterocycles. The second-order valence-electron chi connectivity index (χ2n) is 5.58. The van der Waals surface area contributed by atoms with E-state index in [0.717, 1.165) is 27.1 Å². The zero-order valence-electron chi connectivity index (χ0n) is 12.7. The topological polar surface area (TPSA) is 34.1 Å². The summed E-state index contributed by atoms with van der Waals surface area (Å²) >= 11 is 13.1. The van der Waals surface area contributed by atoms with E-state index < -0.39 is 0 Å².